The van der Waals surface area contributed by atoms with E-state index in [1.807, 2.05) is 0 Å². The van der Waals surface area contributed by atoms with E-state index in [1.54, 1.807) is 4.90 Å². The fraction of sp³-hybridized carbons (Fsp3) is 0.714. The lowest BCUT2D eigenvalue weighted by atomic mass is 10.1. The van der Waals surface area contributed by atoms with Crippen LogP contribution in [-0.2, 0) is 13.0 Å². The average Bonchev–Trinajstić information content (AvgIpc) is 2.97. The molecule has 1 saturated heterocycles. The summed E-state index contributed by atoms with van der Waals surface area (Å²) >= 11 is 0. The molecule has 9 heteroatoms. The zero-order valence-electron chi connectivity index (χ0n) is 12.9. The van der Waals surface area contributed by atoms with Crippen LogP contribution in [0.5, 0.6) is 0 Å². The minimum absolute atomic E-state index is 0.203. The first-order valence-corrected chi connectivity index (χ1v) is 7.75. The SMILES string of the molecule is CC(N1CCN(C(=O)c2n[nH]c3c2CNCC3)CC1)C(F)(F)F. The molecule has 2 aliphatic heterocycles. The monoisotopic (exact) mass is 331 g/mol. The number of halogens is 3. The number of carbonyl (C=O) groups excluding carboxylic acids is 1. The number of fused-ring (bicyclic) bond motifs is 1. The molecule has 1 aromatic heterocycles. The molecule has 2 N–H and O–H groups in total. The van der Waals surface area contributed by atoms with Crippen molar-refractivity contribution in [1.29, 1.82) is 0 Å². The maximum atomic E-state index is 12.8. The molecule has 1 unspecified atom stereocenters. The second-order valence-electron chi connectivity index (χ2n) is 6.00. The van der Waals surface area contributed by atoms with Crippen molar-refractivity contribution in [3.05, 3.63) is 17.0 Å². The number of H-pyrrole nitrogens is 1. The third kappa shape index (κ3) is 3.20. The number of nitrogens with zero attached hydrogens (tertiary/aromatic N) is 3. The van der Waals surface area contributed by atoms with Gasteiger partial charge < -0.3 is 10.2 Å². The summed E-state index contributed by atoms with van der Waals surface area (Å²) < 4.78 is 38.3. The van der Waals surface area contributed by atoms with Crippen LogP contribution in [0.1, 0.15) is 28.7 Å². The van der Waals surface area contributed by atoms with E-state index < -0.39 is 12.2 Å². The summed E-state index contributed by atoms with van der Waals surface area (Å²) in [6, 6.07) is -1.48. The van der Waals surface area contributed by atoms with Crippen LogP contribution in [-0.4, -0.2) is 70.8 Å². The number of nitrogens with one attached hydrogen (secondary N) is 2. The molecule has 0 aromatic carbocycles. The fourth-order valence-corrected chi connectivity index (χ4v) is 3.07. The molecule has 1 amide bonds. The number of aromatic nitrogens is 2. The van der Waals surface area contributed by atoms with Crippen LogP contribution >= 0.6 is 0 Å². The second kappa shape index (κ2) is 6.12. The van der Waals surface area contributed by atoms with Gasteiger partial charge in [0.25, 0.3) is 5.91 Å². The Labute approximate surface area is 132 Å². The second-order valence-corrected chi connectivity index (χ2v) is 6.00. The molecule has 3 rings (SSSR count). The van der Waals surface area contributed by atoms with E-state index in [0.29, 0.717) is 12.2 Å². The van der Waals surface area contributed by atoms with Crippen molar-refractivity contribution < 1.29 is 18.0 Å². The smallest absolute Gasteiger partial charge is 0.335 e. The molecular weight excluding hydrogens is 311 g/mol. The number of amides is 1. The van der Waals surface area contributed by atoms with Crippen LogP contribution in [0.3, 0.4) is 0 Å². The van der Waals surface area contributed by atoms with E-state index in [2.05, 4.69) is 15.5 Å². The van der Waals surface area contributed by atoms with Crippen LogP contribution in [0.4, 0.5) is 13.2 Å². The average molecular weight is 331 g/mol. The topological polar surface area (TPSA) is 64.3 Å². The van der Waals surface area contributed by atoms with Crippen LogP contribution in [0.15, 0.2) is 0 Å². The van der Waals surface area contributed by atoms with E-state index in [0.717, 1.165) is 31.1 Å². The van der Waals surface area contributed by atoms with Crippen LogP contribution in [0, 0.1) is 0 Å². The van der Waals surface area contributed by atoms with E-state index in [1.165, 1.54) is 4.90 Å². The molecule has 0 spiro atoms. The molecule has 1 aromatic rings. The first-order valence-electron chi connectivity index (χ1n) is 7.75. The molecule has 128 valence electrons. The van der Waals surface area contributed by atoms with Crippen molar-refractivity contribution in [2.24, 2.45) is 0 Å². The number of alkyl halides is 3. The van der Waals surface area contributed by atoms with Crippen molar-refractivity contribution in [2.75, 3.05) is 32.7 Å². The van der Waals surface area contributed by atoms with Gasteiger partial charge in [0.1, 0.15) is 6.04 Å². The Bertz CT molecular complexity index is 577. The van der Waals surface area contributed by atoms with Gasteiger partial charge in [0.15, 0.2) is 5.69 Å². The predicted molar refractivity (Wildman–Crippen MR) is 77.0 cm³/mol. The summed E-state index contributed by atoms with van der Waals surface area (Å²) in [5, 5.41) is 10.2. The molecule has 0 bridgehead atoms. The third-order valence-corrected chi connectivity index (χ3v) is 4.63. The summed E-state index contributed by atoms with van der Waals surface area (Å²) in [5.41, 5.74) is 2.24. The largest absolute Gasteiger partial charge is 0.403 e. The Hall–Kier alpha value is -1.61. The van der Waals surface area contributed by atoms with Crippen LogP contribution < -0.4 is 5.32 Å². The number of hydrogen-bond acceptors (Lipinski definition) is 4. The highest BCUT2D eigenvalue weighted by Gasteiger charge is 2.41. The zero-order valence-corrected chi connectivity index (χ0v) is 12.9. The Balaban J connectivity index is 1.64. The molecule has 0 saturated carbocycles. The minimum Gasteiger partial charge on any atom is -0.335 e. The Morgan fingerprint density at radius 1 is 1.26 bits per heavy atom. The van der Waals surface area contributed by atoms with Gasteiger partial charge in [-0.25, -0.2) is 0 Å². The van der Waals surface area contributed by atoms with Gasteiger partial charge >= 0.3 is 6.18 Å². The van der Waals surface area contributed by atoms with Gasteiger partial charge in [0.05, 0.1) is 0 Å². The Morgan fingerprint density at radius 2 is 1.96 bits per heavy atom. The normalized spacial score (nSPS) is 21.1. The standard InChI is InChI=1S/C14H20F3N5O/c1-9(14(15,16)17)21-4-6-22(7-5-21)13(23)12-10-8-18-3-2-11(10)19-20-12/h9,18H,2-8H2,1H3,(H,19,20). The molecule has 6 nitrogen and oxygen atoms in total. The summed E-state index contributed by atoms with van der Waals surface area (Å²) in [4.78, 5) is 15.5. The zero-order chi connectivity index (χ0) is 16.6. The van der Waals surface area contributed by atoms with Crippen molar-refractivity contribution >= 4 is 5.91 Å². The van der Waals surface area contributed by atoms with E-state index >= 15 is 0 Å². The number of hydrogen-bond donors (Lipinski definition) is 2. The third-order valence-electron chi connectivity index (χ3n) is 4.63. The number of rotatable bonds is 2. The summed E-state index contributed by atoms with van der Waals surface area (Å²) in [6.07, 6.45) is -3.44. The molecule has 0 aliphatic carbocycles. The number of aromatic amines is 1. The minimum atomic E-state index is -4.24. The maximum Gasteiger partial charge on any atom is 0.403 e. The lowest BCUT2D eigenvalue weighted by Gasteiger charge is -2.38. The molecule has 1 fully saturated rings. The molecule has 3 heterocycles. The summed E-state index contributed by atoms with van der Waals surface area (Å²) in [5.74, 6) is -0.203. The molecular formula is C14H20F3N5O. The van der Waals surface area contributed by atoms with Gasteiger partial charge in [-0.15, -0.1) is 0 Å². The summed E-state index contributed by atoms with van der Waals surface area (Å²) in [7, 11) is 0. The Kier molecular flexibility index (Phi) is 4.33. The van der Waals surface area contributed by atoms with Gasteiger partial charge in [0.2, 0.25) is 0 Å². The quantitative estimate of drug-likeness (QED) is 0.840. The van der Waals surface area contributed by atoms with Crippen molar-refractivity contribution in [3.63, 3.8) is 0 Å². The van der Waals surface area contributed by atoms with E-state index in [4.69, 9.17) is 0 Å². The van der Waals surface area contributed by atoms with Gasteiger partial charge in [0, 0.05) is 56.9 Å². The molecule has 0 radical (unpaired) electrons. The van der Waals surface area contributed by atoms with Crippen molar-refractivity contribution in [2.45, 2.75) is 32.1 Å². The van der Waals surface area contributed by atoms with Crippen LogP contribution in [0.25, 0.3) is 0 Å². The van der Waals surface area contributed by atoms with Gasteiger partial charge in [-0.1, -0.05) is 0 Å². The number of piperazine rings is 1. The maximum absolute atomic E-state index is 12.8. The van der Waals surface area contributed by atoms with Gasteiger partial charge in [-0.05, 0) is 6.92 Å². The van der Waals surface area contributed by atoms with Crippen molar-refractivity contribution in [1.82, 2.24) is 25.3 Å². The lowest BCUT2D eigenvalue weighted by molar-refractivity contribution is -0.181. The lowest BCUT2D eigenvalue weighted by Crippen LogP contribution is -2.54. The van der Waals surface area contributed by atoms with Crippen molar-refractivity contribution in [3.8, 4) is 0 Å². The number of carbonyl (C=O) groups is 1. The van der Waals surface area contributed by atoms with Gasteiger partial charge in [-0.2, -0.15) is 18.3 Å². The highest BCUT2D eigenvalue weighted by Crippen LogP contribution is 2.25. The molecule has 2 aliphatic rings. The van der Waals surface area contributed by atoms with E-state index in [9.17, 15) is 18.0 Å². The molecule has 1 atom stereocenters. The first-order chi connectivity index (χ1) is 10.9. The highest BCUT2D eigenvalue weighted by atomic mass is 19.4. The fourth-order valence-electron chi connectivity index (χ4n) is 3.07. The highest BCUT2D eigenvalue weighted by molar-refractivity contribution is 5.94. The first kappa shape index (κ1) is 16.3. The predicted octanol–water partition coefficient (Wildman–Crippen LogP) is 0.764. The summed E-state index contributed by atoms with van der Waals surface area (Å²) in [6.45, 7) is 3.61. The van der Waals surface area contributed by atoms with Gasteiger partial charge in [-0.3, -0.25) is 14.8 Å². The van der Waals surface area contributed by atoms with Crippen LogP contribution in [0.2, 0.25) is 0 Å². The van der Waals surface area contributed by atoms with E-state index in [-0.39, 0.29) is 32.1 Å². The molecule has 23 heavy (non-hydrogen) atoms. The Morgan fingerprint density at radius 3 is 2.61 bits per heavy atom.